The molecule has 0 spiro atoms. The summed E-state index contributed by atoms with van der Waals surface area (Å²) in [5.41, 5.74) is 13.4. The molecule has 0 bridgehead atoms. The predicted molar refractivity (Wildman–Crippen MR) is 291 cm³/mol. The molecule has 4 aliphatic rings. The van der Waals surface area contributed by atoms with E-state index in [1.54, 1.807) is 11.9 Å². The summed E-state index contributed by atoms with van der Waals surface area (Å²) in [5, 5.41) is 30.1. The van der Waals surface area contributed by atoms with E-state index in [9.17, 15) is 48.2 Å². The van der Waals surface area contributed by atoms with Crippen LogP contribution in [0.25, 0.3) is 16.7 Å². The summed E-state index contributed by atoms with van der Waals surface area (Å²) in [7, 11) is -15.6. The van der Waals surface area contributed by atoms with E-state index in [0.29, 0.717) is 44.5 Å². The van der Waals surface area contributed by atoms with Crippen LogP contribution in [0, 0.1) is 0 Å². The van der Waals surface area contributed by atoms with Gasteiger partial charge in [-0.3, -0.25) is 23.2 Å². The van der Waals surface area contributed by atoms with Crippen molar-refractivity contribution in [3.8, 4) is 11.5 Å². The summed E-state index contributed by atoms with van der Waals surface area (Å²) in [5.74, 6) is 1.40. The molecule has 9 rings (SSSR count). The van der Waals surface area contributed by atoms with Crippen molar-refractivity contribution in [1.82, 2.24) is 34.3 Å². The number of nitrogens with zero attached hydrogens (tertiary/aromatic N) is 7. The van der Waals surface area contributed by atoms with Crippen LogP contribution in [0.15, 0.2) is 54.9 Å². The monoisotopic (exact) mass is 1170 g/mol. The third kappa shape index (κ3) is 13.3. The third-order valence-electron chi connectivity index (χ3n) is 14.6. The second-order valence-corrected chi connectivity index (χ2v) is 24.4. The van der Waals surface area contributed by atoms with E-state index < -0.39 is 54.6 Å². The summed E-state index contributed by atoms with van der Waals surface area (Å²) in [6.45, 7) is 8.27. The molecule has 0 radical (unpaired) electrons. The first kappa shape index (κ1) is 58.9. The van der Waals surface area contributed by atoms with Crippen molar-refractivity contribution < 1.29 is 75.7 Å². The van der Waals surface area contributed by atoms with E-state index in [2.05, 4.69) is 86.3 Å². The summed E-state index contributed by atoms with van der Waals surface area (Å²) in [6.07, 6.45) is 2.15. The Morgan fingerprint density at radius 1 is 0.912 bits per heavy atom. The van der Waals surface area contributed by atoms with Gasteiger partial charge in [0, 0.05) is 91.8 Å². The van der Waals surface area contributed by atoms with E-state index in [0.717, 1.165) is 104 Å². The van der Waals surface area contributed by atoms with E-state index in [1.165, 1.54) is 26.7 Å². The van der Waals surface area contributed by atoms with Crippen molar-refractivity contribution in [2.75, 3.05) is 75.4 Å². The molecule has 3 aromatic carbocycles. The number of carbonyl (C=O) groups is 2. The standard InChI is InChI=1S/C51H67N10O16P3/c1-4-59-23-12-15-31-25-35-39(27-37(31)59)74-40-28-38-32(16-13-24-60(38)5-2)26-36(40)43(35)33-17-8-9-18-34(33)49(65)58(3)22-14-19-42(62)53-20-10-6-7-11-21-54-51-57-44-47(52)55-30-56-48(44)61(51)50-46(64)45(63)41(75-50)29-73-79(69,70)77-80(71,72)76-78(66,67)68/h8-9,17-18,25-28,30,41,45-46,50,52,63-64H,4-7,10-16,19-24,29H2,1-3H3,(H6,53,62,65,66,67,68,69,70,71,72)/t41-,45-,46-,50-/m1/s1. The van der Waals surface area contributed by atoms with Crippen molar-refractivity contribution in [2.24, 2.45) is 0 Å². The predicted octanol–water partition coefficient (Wildman–Crippen LogP) is 2.96. The van der Waals surface area contributed by atoms with Crippen LogP contribution in [0.2, 0.25) is 0 Å². The van der Waals surface area contributed by atoms with Gasteiger partial charge in [0.15, 0.2) is 23.2 Å². The van der Waals surface area contributed by atoms with E-state index in [-0.39, 0.29) is 41.2 Å². The molecule has 1 fully saturated rings. The molecule has 80 heavy (non-hydrogen) atoms. The van der Waals surface area contributed by atoms with Crippen LogP contribution in [0.3, 0.4) is 0 Å². The van der Waals surface area contributed by atoms with Gasteiger partial charge in [0.25, 0.3) is 13.7 Å². The second-order valence-electron chi connectivity index (χ2n) is 20.0. The molecule has 2 amide bonds. The number of nitrogens with two attached hydrogens (primary N) is 1. The smallest absolute Gasteiger partial charge is 0.487 e. The van der Waals surface area contributed by atoms with Gasteiger partial charge >= 0.3 is 15.6 Å². The fourth-order valence-corrected chi connectivity index (χ4v) is 13.8. The quantitative estimate of drug-likeness (QED) is 0.0245. The molecule has 0 aliphatic carbocycles. The van der Waals surface area contributed by atoms with Crippen molar-refractivity contribution in [3.63, 3.8) is 0 Å². The Morgan fingerprint density at radius 3 is 2.44 bits per heavy atom. The SMILES string of the molecule is CCN1CCCc2cc3c(cc21)Oc1cc2c(cc1=C3c1ccccc1C(=O)N(C)CCCC(=O)NCCCCCCNc1nc3c(N)ncnc3n1[C@@H]1O[C@H](COP(=O)(O)OP(=O)(O)OP(=O)([O-])O)[C@@H](O)[C@H]1O)CCC[N+]=2CC. The number of rotatable bonds is 24. The Balaban J connectivity index is 0.764. The Labute approximate surface area is 460 Å². The number of carbonyl (C=O) groups excluding carboxylic acids is 2. The number of aromatic nitrogens is 4. The maximum Gasteiger partial charge on any atom is 0.487 e. The van der Waals surface area contributed by atoms with Crippen LogP contribution in [0.5, 0.6) is 11.5 Å². The molecule has 5 aromatic rings. The highest BCUT2D eigenvalue weighted by molar-refractivity contribution is 7.66. The zero-order valence-electron chi connectivity index (χ0n) is 44.5. The van der Waals surface area contributed by atoms with Crippen LogP contribution in [-0.4, -0.2) is 139 Å². The second kappa shape index (κ2) is 24.8. The van der Waals surface area contributed by atoms with Crippen LogP contribution in [-0.2, 0) is 49.2 Å². The number of aliphatic hydroxyl groups is 2. The van der Waals surface area contributed by atoms with Crippen molar-refractivity contribution in [1.29, 1.82) is 0 Å². The molecule has 6 heterocycles. The van der Waals surface area contributed by atoms with Crippen LogP contribution >= 0.6 is 23.5 Å². The van der Waals surface area contributed by atoms with Crippen LogP contribution in [0.4, 0.5) is 17.5 Å². The number of fused-ring (bicyclic) bond motifs is 5. The van der Waals surface area contributed by atoms with Crippen LogP contribution in [0.1, 0.15) is 104 Å². The number of amides is 2. The highest BCUT2D eigenvalue weighted by atomic mass is 31.3. The summed E-state index contributed by atoms with van der Waals surface area (Å²) in [6, 6.07) is 16.7. The van der Waals surface area contributed by atoms with Gasteiger partial charge in [0.2, 0.25) is 17.2 Å². The number of benzene rings is 3. The molecule has 1 saturated heterocycles. The summed E-state index contributed by atoms with van der Waals surface area (Å²) < 4.78 is 63.1. The van der Waals surface area contributed by atoms with Crippen molar-refractivity contribution in [3.05, 3.63) is 93.3 Å². The van der Waals surface area contributed by atoms with Gasteiger partial charge in [0.05, 0.1) is 12.7 Å². The number of unbranched alkanes of at least 4 members (excludes halogenated alkanes) is 3. The molecule has 7 atom stereocenters. The molecule has 29 heteroatoms. The topological polar surface area (TPSA) is 359 Å². The number of nitrogen functional groups attached to an aromatic ring is 1. The van der Waals surface area contributed by atoms with E-state index in [1.807, 2.05) is 24.3 Å². The number of hydrogen-bond acceptors (Lipinski definition) is 19. The van der Waals surface area contributed by atoms with Gasteiger partial charge in [-0.05, 0) is 81.7 Å². The molecule has 9 N–H and O–H groups in total. The maximum atomic E-state index is 14.5. The minimum absolute atomic E-state index is 0.0149. The normalized spacial score (nSPS) is 20.8. The highest BCUT2D eigenvalue weighted by Gasteiger charge is 2.47. The minimum Gasteiger partial charge on any atom is -0.756 e. The molecule has 432 valence electrons. The average molecular weight is 1170 g/mol. The molecule has 0 saturated carbocycles. The first-order valence-corrected chi connectivity index (χ1v) is 31.2. The van der Waals surface area contributed by atoms with E-state index in [4.69, 9.17) is 20.1 Å². The largest absolute Gasteiger partial charge is 0.756 e. The number of nitrogens with one attached hydrogen (secondary N) is 2. The number of ether oxygens (including phenoxy) is 2. The molecule has 2 aromatic heterocycles. The molecule has 4 aliphatic heterocycles. The Bertz CT molecular complexity index is 3430. The highest BCUT2D eigenvalue weighted by Crippen LogP contribution is 2.65. The number of aliphatic hydroxyl groups excluding tert-OH is 2. The number of phosphoric ester groups is 1. The third-order valence-corrected chi connectivity index (χ3v) is 18.4. The zero-order valence-corrected chi connectivity index (χ0v) is 47.2. The minimum atomic E-state index is -5.88. The first-order valence-electron chi connectivity index (χ1n) is 26.7. The van der Waals surface area contributed by atoms with Crippen molar-refractivity contribution >= 4 is 69.5 Å². The molecule has 26 nitrogen and oxygen atoms in total. The lowest BCUT2D eigenvalue weighted by Gasteiger charge is -2.33. The number of imidazole rings is 1. The van der Waals surface area contributed by atoms with Gasteiger partial charge in [-0.1, -0.05) is 31.0 Å². The average Bonchev–Trinajstić information content (AvgIpc) is 3.98. The van der Waals surface area contributed by atoms with Gasteiger partial charge < -0.3 is 65.4 Å². The Kier molecular flexibility index (Phi) is 18.3. The molecular formula is C51H67N10O16P3. The lowest BCUT2D eigenvalue weighted by atomic mass is 9.86. The molecule has 3 unspecified atom stereocenters. The first-order chi connectivity index (χ1) is 38.2. The van der Waals surface area contributed by atoms with Gasteiger partial charge in [-0.25, -0.2) is 33.0 Å². The number of hydrogen-bond donors (Lipinski definition) is 8. The maximum absolute atomic E-state index is 14.5. The number of aryl methyl sites for hydroxylation is 2. The van der Waals surface area contributed by atoms with Gasteiger partial charge in [-0.2, -0.15) is 4.31 Å². The summed E-state index contributed by atoms with van der Waals surface area (Å²) >= 11 is 0. The van der Waals surface area contributed by atoms with Gasteiger partial charge in [0.1, 0.15) is 49.2 Å². The lowest BCUT2D eigenvalue weighted by molar-refractivity contribution is -0.212. The molecular weight excluding hydrogens is 1100 g/mol. The van der Waals surface area contributed by atoms with Crippen LogP contribution < -0.4 is 46.0 Å². The van der Waals surface area contributed by atoms with Crippen molar-refractivity contribution in [2.45, 2.75) is 103 Å². The zero-order chi connectivity index (χ0) is 57.1. The lowest BCUT2D eigenvalue weighted by Crippen LogP contribution is -2.39. The van der Waals surface area contributed by atoms with E-state index >= 15 is 0 Å². The fourth-order valence-electron chi connectivity index (χ4n) is 10.8. The Hall–Kier alpha value is -5.69. The Morgan fingerprint density at radius 2 is 1.68 bits per heavy atom. The van der Waals surface area contributed by atoms with Gasteiger partial charge in [-0.15, -0.1) is 0 Å². The fraction of sp³-hybridized carbons (Fsp3) is 0.490. The number of anilines is 3. The number of phosphoric acid groups is 3. The summed E-state index contributed by atoms with van der Waals surface area (Å²) in [4.78, 5) is 83.0.